The van der Waals surface area contributed by atoms with Gasteiger partial charge in [-0.25, -0.2) is 0 Å². The molecule has 0 radical (unpaired) electrons. The number of nitrogens with zero attached hydrogens (tertiary/aromatic N) is 1. The van der Waals surface area contributed by atoms with Gasteiger partial charge >= 0.3 is 0 Å². The number of rotatable bonds is 7. The molecule has 1 N–H and O–H groups in total. The van der Waals surface area contributed by atoms with Crippen molar-refractivity contribution in [1.29, 1.82) is 0 Å². The molecule has 5 heteroatoms. The molecule has 4 nitrogen and oxygen atoms in total. The van der Waals surface area contributed by atoms with Crippen LogP contribution in [-0.2, 0) is 16.1 Å². The third-order valence-corrected chi connectivity index (χ3v) is 4.55. The maximum Gasteiger partial charge on any atom is 0.223 e. The Bertz CT molecular complexity index is 427. The average molecular weight is 297 g/mol. The molecular weight excluding hydrogens is 274 g/mol. The van der Waals surface area contributed by atoms with E-state index < -0.39 is 0 Å². The van der Waals surface area contributed by atoms with Gasteiger partial charge in [-0.1, -0.05) is 0 Å². The number of thiophene rings is 1. The summed E-state index contributed by atoms with van der Waals surface area (Å²) in [5.74, 6) is 0.546. The summed E-state index contributed by atoms with van der Waals surface area (Å²) in [6.07, 6.45) is 2.19. The first-order chi connectivity index (χ1) is 9.69. The van der Waals surface area contributed by atoms with E-state index in [1.165, 1.54) is 9.75 Å². The third-order valence-electron chi connectivity index (χ3n) is 3.57. The normalized spacial score (nSPS) is 18.4. The predicted octanol–water partition coefficient (Wildman–Crippen LogP) is 2.19. The Morgan fingerprint density at radius 3 is 3.00 bits per heavy atom. The van der Waals surface area contributed by atoms with Gasteiger partial charge in [0.05, 0.1) is 6.54 Å². The van der Waals surface area contributed by atoms with E-state index in [2.05, 4.69) is 19.1 Å². The van der Waals surface area contributed by atoms with E-state index in [0.29, 0.717) is 38.5 Å². The number of carbonyl (C=O) groups excluding carboxylic acids is 1. The second-order valence-corrected chi connectivity index (χ2v) is 6.71. The van der Waals surface area contributed by atoms with Crippen molar-refractivity contribution >= 4 is 17.2 Å². The highest BCUT2D eigenvalue weighted by Crippen LogP contribution is 2.21. The summed E-state index contributed by atoms with van der Waals surface area (Å²) in [4.78, 5) is 16.8. The summed E-state index contributed by atoms with van der Waals surface area (Å²) in [5, 5.41) is 9.00. The molecule has 1 saturated heterocycles. The largest absolute Gasteiger partial charge is 0.396 e. The van der Waals surface area contributed by atoms with Gasteiger partial charge in [0.25, 0.3) is 0 Å². The molecule has 0 saturated carbocycles. The van der Waals surface area contributed by atoms with E-state index in [-0.39, 0.29) is 12.5 Å². The summed E-state index contributed by atoms with van der Waals surface area (Å²) in [6.45, 7) is 4.96. The first kappa shape index (κ1) is 15.5. The Morgan fingerprint density at radius 2 is 2.40 bits per heavy atom. The molecule has 0 aliphatic carbocycles. The Labute approximate surface area is 124 Å². The lowest BCUT2D eigenvalue weighted by atomic mass is 10.0. The van der Waals surface area contributed by atoms with Crippen molar-refractivity contribution in [2.75, 3.05) is 26.4 Å². The minimum atomic E-state index is 0.125. The van der Waals surface area contributed by atoms with Crippen molar-refractivity contribution in [3.63, 3.8) is 0 Å². The topological polar surface area (TPSA) is 49.8 Å². The van der Waals surface area contributed by atoms with Gasteiger partial charge in [0.15, 0.2) is 0 Å². The van der Waals surface area contributed by atoms with Gasteiger partial charge in [0, 0.05) is 42.5 Å². The predicted molar refractivity (Wildman–Crippen MR) is 79.7 cm³/mol. The number of amides is 1. The zero-order valence-electron chi connectivity index (χ0n) is 12.0. The van der Waals surface area contributed by atoms with Gasteiger partial charge in [0.2, 0.25) is 5.91 Å². The molecule has 20 heavy (non-hydrogen) atoms. The first-order valence-corrected chi connectivity index (χ1v) is 8.02. The number of aryl methyl sites for hydroxylation is 1. The van der Waals surface area contributed by atoms with Crippen LogP contribution in [-0.4, -0.2) is 42.3 Å². The van der Waals surface area contributed by atoms with Crippen LogP contribution in [0.4, 0.5) is 0 Å². The van der Waals surface area contributed by atoms with E-state index in [1.54, 1.807) is 11.3 Å². The van der Waals surface area contributed by atoms with Crippen molar-refractivity contribution in [3.8, 4) is 0 Å². The van der Waals surface area contributed by atoms with E-state index >= 15 is 0 Å². The van der Waals surface area contributed by atoms with Crippen molar-refractivity contribution in [2.24, 2.45) is 5.92 Å². The Kier molecular flexibility index (Phi) is 6.01. The summed E-state index contributed by atoms with van der Waals surface area (Å²) >= 11 is 1.73. The molecule has 1 atom stereocenters. The maximum atomic E-state index is 12.4. The molecule has 1 aromatic heterocycles. The minimum absolute atomic E-state index is 0.125. The number of aliphatic hydroxyl groups is 1. The number of ether oxygens (including phenoxy) is 1. The fraction of sp³-hybridized carbons (Fsp3) is 0.667. The van der Waals surface area contributed by atoms with Gasteiger partial charge in [0.1, 0.15) is 0 Å². The van der Waals surface area contributed by atoms with Gasteiger partial charge in [-0.2, -0.15) is 0 Å². The second kappa shape index (κ2) is 7.76. The van der Waals surface area contributed by atoms with Crippen molar-refractivity contribution in [2.45, 2.75) is 32.7 Å². The lowest BCUT2D eigenvalue weighted by molar-refractivity contribution is -0.133. The zero-order valence-corrected chi connectivity index (χ0v) is 12.8. The summed E-state index contributed by atoms with van der Waals surface area (Å²) in [6, 6.07) is 4.16. The molecule has 0 aromatic carbocycles. The fourth-order valence-electron chi connectivity index (χ4n) is 2.43. The molecule has 2 heterocycles. The van der Waals surface area contributed by atoms with E-state index in [0.717, 1.165) is 13.0 Å². The van der Waals surface area contributed by atoms with Gasteiger partial charge < -0.3 is 14.7 Å². The number of hydrogen-bond donors (Lipinski definition) is 1. The van der Waals surface area contributed by atoms with Crippen LogP contribution < -0.4 is 0 Å². The van der Waals surface area contributed by atoms with Crippen molar-refractivity contribution in [1.82, 2.24) is 4.90 Å². The molecule has 0 bridgehead atoms. The van der Waals surface area contributed by atoms with E-state index in [1.807, 2.05) is 4.90 Å². The minimum Gasteiger partial charge on any atom is -0.396 e. The number of carbonyl (C=O) groups is 1. The highest BCUT2D eigenvalue weighted by Gasteiger charge is 2.22. The fourth-order valence-corrected chi connectivity index (χ4v) is 3.34. The molecule has 1 unspecified atom stereocenters. The smallest absolute Gasteiger partial charge is 0.223 e. The highest BCUT2D eigenvalue weighted by atomic mass is 32.1. The summed E-state index contributed by atoms with van der Waals surface area (Å²) < 4.78 is 5.33. The Balaban J connectivity index is 1.92. The molecular formula is C15H23NO3S. The van der Waals surface area contributed by atoms with Crippen LogP contribution in [0.1, 0.15) is 29.0 Å². The molecule has 0 spiro atoms. The molecule has 1 amide bonds. The molecule has 1 aromatic rings. The maximum absolute atomic E-state index is 12.4. The van der Waals surface area contributed by atoms with Crippen LogP contribution in [0.5, 0.6) is 0 Å². The first-order valence-electron chi connectivity index (χ1n) is 7.20. The Morgan fingerprint density at radius 1 is 1.55 bits per heavy atom. The van der Waals surface area contributed by atoms with E-state index in [9.17, 15) is 4.79 Å². The molecule has 1 fully saturated rings. The molecule has 2 rings (SSSR count). The van der Waals surface area contributed by atoms with Crippen LogP contribution in [0, 0.1) is 12.8 Å². The SMILES string of the molecule is Cc1ccc(CN(CCCO)C(=O)CC2CCOC2)s1. The van der Waals surface area contributed by atoms with Crippen molar-refractivity contribution < 1.29 is 14.6 Å². The molecule has 1 aliphatic heterocycles. The quantitative estimate of drug-likeness (QED) is 0.839. The van der Waals surface area contributed by atoms with Gasteiger partial charge in [-0.15, -0.1) is 11.3 Å². The van der Waals surface area contributed by atoms with Crippen LogP contribution in [0.15, 0.2) is 12.1 Å². The number of hydrogen-bond acceptors (Lipinski definition) is 4. The second-order valence-electron chi connectivity index (χ2n) is 5.34. The monoisotopic (exact) mass is 297 g/mol. The highest BCUT2D eigenvalue weighted by molar-refractivity contribution is 7.11. The standard InChI is InChI=1S/C15H23NO3S/c1-12-3-4-14(20-12)10-16(6-2-7-17)15(18)9-13-5-8-19-11-13/h3-4,13,17H,2,5-11H2,1H3. The lowest BCUT2D eigenvalue weighted by Gasteiger charge is -2.23. The van der Waals surface area contributed by atoms with Gasteiger partial charge in [-0.3, -0.25) is 4.79 Å². The third kappa shape index (κ3) is 4.58. The van der Waals surface area contributed by atoms with E-state index in [4.69, 9.17) is 9.84 Å². The number of aliphatic hydroxyl groups excluding tert-OH is 1. The van der Waals surface area contributed by atoms with Crippen LogP contribution in [0.25, 0.3) is 0 Å². The summed E-state index contributed by atoms with van der Waals surface area (Å²) in [5.41, 5.74) is 0. The van der Waals surface area contributed by atoms with Crippen LogP contribution in [0.2, 0.25) is 0 Å². The molecule has 1 aliphatic rings. The molecule has 112 valence electrons. The average Bonchev–Trinajstić information content (AvgIpc) is 3.06. The van der Waals surface area contributed by atoms with Crippen LogP contribution >= 0.6 is 11.3 Å². The van der Waals surface area contributed by atoms with Gasteiger partial charge in [-0.05, 0) is 37.8 Å². The summed E-state index contributed by atoms with van der Waals surface area (Å²) in [7, 11) is 0. The zero-order chi connectivity index (χ0) is 14.4. The lowest BCUT2D eigenvalue weighted by Crippen LogP contribution is -2.33. The van der Waals surface area contributed by atoms with Crippen LogP contribution in [0.3, 0.4) is 0 Å². The van der Waals surface area contributed by atoms with Crippen molar-refractivity contribution in [3.05, 3.63) is 21.9 Å². The Hall–Kier alpha value is -0.910.